The molecule has 1 aliphatic carbocycles. The third-order valence-corrected chi connectivity index (χ3v) is 4.21. The number of carbonyl (C=O) groups excluding carboxylic acids is 1. The van der Waals surface area contributed by atoms with Crippen LogP contribution >= 0.6 is 0 Å². The normalized spacial score (nSPS) is 35.6. The quantitative estimate of drug-likeness (QED) is 0.740. The topological polar surface area (TPSA) is 29.1 Å². The summed E-state index contributed by atoms with van der Waals surface area (Å²) in [5.41, 5.74) is -0.195. The van der Waals surface area contributed by atoms with Gasteiger partial charge in [-0.25, -0.2) is 0 Å². The SMILES string of the molecule is CC(C)(C)C(=O)C1CCC2CCCCC2N1. The molecule has 16 heavy (non-hydrogen) atoms. The van der Waals surface area contributed by atoms with E-state index in [0.717, 1.165) is 12.3 Å². The van der Waals surface area contributed by atoms with Crippen LogP contribution in [0.3, 0.4) is 0 Å². The largest absolute Gasteiger partial charge is 0.304 e. The van der Waals surface area contributed by atoms with Crippen molar-refractivity contribution in [2.24, 2.45) is 11.3 Å². The Kier molecular flexibility index (Phi) is 3.39. The van der Waals surface area contributed by atoms with E-state index >= 15 is 0 Å². The highest BCUT2D eigenvalue weighted by atomic mass is 16.1. The predicted molar refractivity (Wildman–Crippen MR) is 66.4 cm³/mol. The van der Waals surface area contributed by atoms with E-state index in [-0.39, 0.29) is 11.5 Å². The number of hydrogen-bond acceptors (Lipinski definition) is 2. The Morgan fingerprint density at radius 1 is 1.06 bits per heavy atom. The first-order chi connectivity index (χ1) is 7.48. The van der Waals surface area contributed by atoms with E-state index in [0.29, 0.717) is 11.8 Å². The number of hydrogen-bond donors (Lipinski definition) is 1. The third-order valence-electron chi connectivity index (χ3n) is 4.21. The van der Waals surface area contributed by atoms with Crippen LogP contribution in [0.5, 0.6) is 0 Å². The molecular weight excluding hydrogens is 198 g/mol. The summed E-state index contributed by atoms with van der Waals surface area (Å²) in [6.45, 7) is 6.10. The van der Waals surface area contributed by atoms with Crippen LogP contribution in [0.4, 0.5) is 0 Å². The molecule has 0 radical (unpaired) electrons. The standard InChI is InChI=1S/C14H25NO/c1-14(2,3)13(16)12-9-8-10-6-4-5-7-11(10)15-12/h10-12,15H,4-9H2,1-3H3. The Bertz CT molecular complexity index is 266. The lowest BCUT2D eigenvalue weighted by Gasteiger charge is -2.41. The van der Waals surface area contributed by atoms with Crippen molar-refractivity contribution in [3.8, 4) is 0 Å². The maximum atomic E-state index is 12.2. The summed E-state index contributed by atoms with van der Waals surface area (Å²) in [6.07, 6.45) is 7.68. The summed E-state index contributed by atoms with van der Waals surface area (Å²) >= 11 is 0. The van der Waals surface area contributed by atoms with Crippen molar-refractivity contribution in [2.45, 2.75) is 71.4 Å². The van der Waals surface area contributed by atoms with Crippen molar-refractivity contribution < 1.29 is 4.79 Å². The smallest absolute Gasteiger partial charge is 0.155 e. The van der Waals surface area contributed by atoms with Gasteiger partial charge in [-0.15, -0.1) is 0 Å². The third kappa shape index (κ3) is 2.48. The predicted octanol–water partition coefficient (Wildman–Crippen LogP) is 2.91. The van der Waals surface area contributed by atoms with Crippen molar-refractivity contribution in [1.29, 1.82) is 0 Å². The molecule has 2 heteroatoms. The Hall–Kier alpha value is -0.370. The summed E-state index contributed by atoms with van der Waals surface area (Å²) in [6, 6.07) is 0.748. The molecule has 1 saturated carbocycles. The van der Waals surface area contributed by atoms with Crippen molar-refractivity contribution in [3.05, 3.63) is 0 Å². The lowest BCUT2D eigenvalue weighted by atomic mass is 9.74. The molecular formula is C14H25NO. The average molecular weight is 223 g/mol. The molecule has 0 aromatic rings. The van der Waals surface area contributed by atoms with Crippen molar-refractivity contribution in [2.75, 3.05) is 0 Å². The summed E-state index contributed by atoms with van der Waals surface area (Å²) in [7, 11) is 0. The Morgan fingerprint density at radius 2 is 1.75 bits per heavy atom. The molecule has 0 aromatic heterocycles. The number of ketones is 1. The monoisotopic (exact) mass is 223 g/mol. The molecule has 1 saturated heterocycles. The van der Waals surface area contributed by atoms with Crippen molar-refractivity contribution in [3.63, 3.8) is 0 Å². The Morgan fingerprint density at radius 3 is 2.44 bits per heavy atom. The van der Waals surface area contributed by atoms with E-state index in [1.165, 1.54) is 32.1 Å². The minimum absolute atomic E-state index is 0.124. The van der Waals surface area contributed by atoms with Crippen LogP contribution in [0, 0.1) is 11.3 Å². The van der Waals surface area contributed by atoms with Gasteiger partial charge in [0, 0.05) is 11.5 Å². The Balaban J connectivity index is 1.97. The summed E-state index contributed by atoms with van der Waals surface area (Å²) in [4.78, 5) is 12.2. The molecule has 2 rings (SSSR count). The maximum absolute atomic E-state index is 12.2. The second kappa shape index (κ2) is 4.48. The molecule has 1 aliphatic heterocycles. The zero-order chi connectivity index (χ0) is 11.8. The molecule has 0 bridgehead atoms. The first-order valence-corrected chi connectivity index (χ1v) is 6.79. The molecule has 1 N–H and O–H groups in total. The summed E-state index contributed by atoms with van der Waals surface area (Å²) in [5.74, 6) is 1.24. The fraction of sp³-hybridized carbons (Fsp3) is 0.929. The van der Waals surface area contributed by atoms with E-state index in [1.54, 1.807) is 0 Å². The van der Waals surface area contributed by atoms with Gasteiger partial charge in [-0.05, 0) is 31.6 Å². The van der Waals surface area contributed by atoms with Gasteiger partial charge in [0.1, 0.15) is 0 Å². The van der Waals surface area contributed by atoms with Gasteiger partial charge in [-0.2, -0.15) is 0 Å². The summed E-state index contributed by atoms with van der Waals surface area (Å²) in [5, 5.41) is 3.61. The second-order valence-electron chi connectivity index (χ2n) is 6.56. The van der Waals surface area contributed by atoms with Gasteiger partial charge in [0.2, 0.25) is 0 Å². The maximum Gasteiger partial charge on any atom is 0.155 e. The molecule has 0 spiro atoms. The van der Waals surface area contributed by atoms with Crippen LogP contribution in [0.15, 0.2) is 0 Å². The average Bonchev–Trinajstić information content (AvgIpc) is 2.26. The molecule has 2 nitrogen and oxygen atoms in total. The van der Waals surface area contributed by atoms with Crippen molar-refractivity contribution >= 4 is 5.78 Å². The highest BCUT2D eigenvalue weighted by molar-refractivity contribution is 5.88. The van der Waals surface area contributed by atoms with Crippen LogP contribution in [0.1, 0.15) is 59.3 Å². The fourth-order valence-electron chi connectivity index (χ4n) is 3.22. The van der Waals surface area contributed by atoms with Crippen LogP contribution in [-0.2, 0) is 4.79 Å². The lowest BCUT2D eigenvalue weighted by molar-refractivity contribution is -0.129. The van der Waals surface area contributed by atoms with Crippen LogP contribution in [0.2, 0.25) is 0 Å². The zero-order valence-electron chi connectivity index (χ0n) is 10.9. The van der Waals surface area contributed by atoms with Crippen LogP contribution in [0.25, 0.3) is 0 Å². The number of piperidine rings is 1. The van der Waals surface area contributed by atoms with E-state index in [9.17, 15) is 4.79 Å². The van der Waals surface area contributed by atoms with Crippen LogP contribution in [-0.4, -0.2) is 17.9 Å². The molecule has 2 fully saturated rings. The van der Waals surface area contributed by atoms with Gasteiger partial charge in [0.05, 0.1) is 6.04 Å². The second-order valence-corrected chi connectivity index (χ2v) is 6.56. The van der Waals surface area contributed by atoms with Gasteiger partial charge < -0.3 is 5.32 Å². The van der Waals surface area contributed by atoms with E-state index in [1.807, 2.05) is 20.8 Å². The van der Waals surface area contributed by atoms with E-state index in [2.05, 4.69) is 5.32 Å². The first-order valence-electron chi connectivity index (χ1n) is 6.79. The molecule has 0 aromatic carbocycles. The van der Waals surface area contributed by atoms with Crippen LogP contribution < -0.4 is 5.32 Å². The highest BCUT2D eigenvalue weighted by Crippen LogP contribution is 2.33. The molecule has 2 aliphatic rings. The van der Waals surface area contributed by atoms with Gasteiger partial charge >= 0.3 is 0 Å². The molecule has 92 valence electrons. The zero-order valence-corrected chi connectivity index (χ0v) is 10.9. The number of carbonyl (C=O) groups is 1. The van der Waals surface area contributed by atoms with E-state index in [4.69, 9.17) is 0 Å². The molecule has 3 atom stereocenters. The molecule has 0 amide bonds. The molecule has 1 heterocycles. The highest BCUT2D eigenvalue weighted by Gasteiger charge is 2.37. The minimum atomic E-state index is -0.195. The summed E-state index contributed by atoms with van der Waals surface area (Å²) < 4.78 is 0. The number of rotatable bonds is 1. The molecule has 3 unspecified atom stereocenters. The first kappa shape index (κ1) is 12.1. The van der Waals surface area contributed by atoms with E-state index < -0.39 is 0 Å². The van der Waals surface area contributed by atoms with Gasteiger partial charge in [-0.1, -0.05) is 33.6 Å². The Labute approximate surface area is 99.2 Å². The number of fused-ring (bicyclic) bond motifs is 1. The lowest BCUT2D eigenvalue weighted by Crippen LogP contribution is -2.54. The van der Waals surface area contributed by atoms with Crippen molar-refractivity contribution in [1.82, 2.24) is 5.32 Å². The minimum Gasteiger partial charge on any atom is -0.304 e. The van der Waals surface area contributed by atoms with Gasteiger partial charge in [-0.3, -0.25) is 4.79 Å². The number of nitrogens with one attached hydrogen (secondary N) is 1. The van der Waals surface area contributed by atoms with Gasteiger partial charge in [0.25, 0.3) is 0 Å². The fourth-order valence-corrected chi connectivity index (χ4v) is 3.22. The number of Topliss-reactive ketones (excluding diaryl/α,β-unsaturated/α-hetero) is 1. The van der Waals surface area contributed by atoms with Gasteiger partial charge in [0.15, 0.2) is 5.78 Å².